The number of nitrogens with zero attached hydrogens (tertiary/aromatic N) is 1. The van der Waals surface area contributed by atoms with E-state index in [0.29, 0.717) is 17.8 Å². The summed E-state index contributed by atoms with van der Waals surface area (Å²) in [6.45, 7) is 4.43. The SMILES string of the molecule is CC1(C)CC1C(O)Cc1ccc2ccccc2n1. The van der Waals surface area contributed by atoms with E-state index in [1.165, 1.54) is 0 Å². The first-order chi connectivity index (χ1) is 8.56. The quantitative estimate of drug-likeness (QED) is 0.895. The van der Waals surface area contributed by atoms with Crippen LogP contribution in [0, 0.1) is 11.3 Å². The molecule has 2 atom stereocenters. The highest BCUT2D eigenvalue weighted by Gasteiger charge is 2.49. The Morgan fingerprint density at radius 3 is 2.72 bits per heavy atom. The lowest BCUT2D eigenvalue weighted by molar-refractivity contribution is 0.136. The molecule has 0 aliphatic heterocycles. The molecule has 0 radical (unpaired) electrons. The first-order valence-corrected chi connectivity index (χ1v) is 6.59. The molecule has 0 amide bonds. The molecule has 1 N–H and O–H groups in total. The third kappa shape index (κ3) is 2.13. The van der Waals surface area contributed by atoms with Gasteiger partial charge >= 0.3 is 0 Å². The Balaban J connectivity index is 1.79. The summed E-state index contributed by atoms with van der Waals surface area (Å²) in [6.07, 6.45) is 1.54. The molecule has 0 bridgehead atoms. The van der Waals surface area contributed by atoms with Crippen LogP contribution in [0.2, 0.25) is 0 Å². The van der Waals surface area contributed by atoms with E-state index in [1.807, 2.05) is 24.3 Å². The summed E-state index contributed by atoms with van der Waals surface area (Å²) in [5.74, 6) is 0.436. The summed E-state index contributed by atoms with van der Waals surface area (Å²) in [5.41, 5.74) is 2.32. The van der Waals surface area contributed by atoms with Crippen LogP contribution in [0.4, 0.5) is 0 Å². The molecule has 2 nitrogen and oxygen atoms in total. The number of aliphatic hydroxyl groups is 1. The number of aliphatic hydroxyl groups excluding tert-OH is 1. The van der Waals surface area contributed by atoms with Gasteiger partial charge in [-0.15, -0.1) is 0 Å². The van der Waals surface area contributed by atoms with Crippen LogP contribution in [-0.2, 0) is 6.42 Å². The maximum Gasteiger partial charge on any atom is 0.0705 e. The van der Waals surface area contributed by atoms with Crippen molar-refractivity contribution in [2.75, 3.05) is 0 Å². The van der Waals surface area contributed by atoms with Crippen molar-refractivity contribution < 1.29 is 5.11 Å². The van der Waals surface area contributed by atoms with E-state index in [-0.39, 0.29) is 6.10 Å². The lowest BCUT2D eigenvalue weighted by Crippen LogP contribution is -2.17. The van der Waals surface area contributed by atoms with Gasteiger partial charge in [-0.1, -0.05) is 38.1 Å². The van der Waals surface area contributed by atoms with Gasteiger partial charge in [0.2, 0.25) is 0 Å². The Bertz CT molecular complexity index is 576. The highest BCUT2D eigenvalue weighted by Crippen LogP contribution is 2.53. The van der Waals surface area contributed by atoms with E-state index in [2.05, 4.69) is 31.0 Å². The Kier molecular flexibility index (Phi) is 2.63. The van der Waals surface area contributed by atoms with Crippen LogP contribution in [0.5, 0.6) is 0 Å². The zero-order valence-corrected chi connectivity index (χ0v) is 10.9. The number of aromatic nitrogens is 1. The molecule has 2 heteroatoms. The van der Waals surface area contributed by atoms with Crippen LogP contribution in [0.15, 0.2) is 36.4 Å². The second-order valence-corrected chi connectivity index (χ2v) is 6.07. The number of pyridine rings is 1. The lowest BCUT2D eigenvalue weighted by atomic mass is 10.0. The van der Waals surface area contributed by atoms with Crippen molar-refractivity contribution >= 4 is 10.9 Å². The van der Waals surface area contributed by atoms with Crippen molar-refractivity contribution in [3.8, 4) is 0 Å². The number of hydrogen-bond donors (Lipinski definition) is 1. The van der Waals surface area contributed by atoms with Gasteiger partial charge in [-0.25, -0.2) is 0 Å². The van der Waals surface area contributed by atoms with Gasteiger partial charge < -0.3 is 5.11 Å². The maximum atomic E-state index is 10.2. The molecule has 1 fully saturated rings. The highest BCUT2D eigenvalue weighted by atomic mass is 16.3. The van der Waals surface area contributed by atoms with E-state index < -0.39 is 0 Å². The van der Waals surface area contributed by atoms with E-state index >= 15 is 0 Å². The van der Waals surface area contributed by atoms with Gasteiger partial charge in [0, 0.05) is 17.5 Å². The normalized spacial score (nSPS) is 22.9. The summed E-state index contributed by atoms with van der Waals surface area (Å²) in [7, 11) is 0. The number of fused-ring (bicyclic) bond motifs is 1. The van der Waals surface area contributed by atoms with Crippen molar-refractivity contribution in [3.05, 3.63) is 42.1 Å². The average Bonchev–Trinajstić information content (AvgIpc) is 2.98. The predicted molar refractivity (Wildman–Crippen MR) is 73.3 cm³/mol. The van der Waals surface area contributed by atoms with Crippen molar-refractivity contribution in [2.24, 2.45) is 11.3 Å². The van der Waals surface area contributed by atoms with Gasteiger partial charge in [0.1, 0.15) is 0 Å². The molecule has 2 aromatic rings. The monoisotopic (exact) mass is 241 g/mol. The molecule has 0 spiro atoms. The zero-order valence-electron chi connectivity index (χ0n) is 10.9. The zero-order chi connectivity index (χ0) is 12.8. The first-order valence-electron chi connectivity index (χ1n) is 6.59. The minimum atomic E-state index is -0.256. The lowest BCUT2D eigenvalue weighted by Gasteiger charge is -2.12. The molecule has 3 rings (SSSR count). The fraction of sp³-hybridized carbons (Fsp3) is 0.438. The molecular weight excluding hydrogens is 222 g/mol. The second-order valence-electron chi connectivity index (χ2n) is 6.07. The van der Waals surface area contributed by atoms with Gasteiger partial charge in [0.15, 0.2) is 0 Å². The molecule has 2 unspecified atom stereocenters. The van der Waals surface area contributed by atoms with Crippen molar-refractivity contribution in [1.29, 1.82) is 0 Å². The number of benzene rings is 1. The van der Waals surface area contributed by atoms with Crippen LogP contribution >= 0.6 is 0 Å². The van der Waals surface area contributed by atoms with Crippen molar-refractivity contribution in [2.45, 2.75) is 32.8 Å². The molecule has 0 saturated heterocycles. The predicted octanol–water partition coefficient (Wildman–Crippen LogP) is 3.18. The maximum absolute atomic E-state index is 10.2. The molecule has 94 valence electrons. The van der Waals surface area contributed by atoms with Crippen molar-refractivity contribution in [3.63, 3.8) is 0 Å². The molecule has 1 heterocycles. The summed E-state index contributed by atoms with van der Waals surface area (Å²) in [5, 5.41) is 11.4. The summed E-state index contributed by atoms with van der Waals surface area (Å²) < 4.78 is 0. The summed E-state index contributed by atoms with van der Waals surface area (Å²) >= 11 is 0. The molecular formula is C16H19NO. The number of para-hydroxylation sites is 1. The van der Waals surface area contributed by atoms with E-state index in [0.717, 1.165) is 23.0 Å². The van der Waals surface area contributed by atoms with Crippen molar-refractivity contribution in [1.82, 2.24) is 4.98 Å². The third-order valence-corrected chi connectivity index (χ3v) is 4.13. The largest absolute Gasteiger partial charge is 0.392 e. The van der Waals surface area contributed by atoms with Crippen LogP contribution < -0.4 is 0 Å². The first kappa shape index (κ1) is 11.7. The third-order valence-electron chi connectivity index (χ3n) is 4.13. The minimum Gasteiger partial charge on any atom is -0.392 e. The van der Waals surface area contributed by atoms with Crippen LogP contribution in [0.1, 0.15) is 26.0 Å². The number of rotatable bonds is 3. The highest BCUT2D eigenvalue weighted by molar-refractivity contribution is 5.78. The molecule has 1 aromatic carbocycles. The Labute approximate surface area is 108 Å². The molecule has 1 saturated carbocycles. The van der Waals surface area contributed by atoms with E-state index in [9.17, 15) is 5.11 Å². The molecule has 1 aliphatic carbocycles. The Morgan fingerprint density at radius 1 is 1.28 bits per heavy atom. The van der Waals surface area contributed by atoms with E-state index in [4.69, 9.17) is 0 Å². The van der Waals surface area contributed by atoms with Crippen LogP contribution in [0.3, 0.4) is 0 Å². The van der Waals surface area contributed by atoms with Gasteiger partial charge in [-0.3, -0.25) is 4.98 Å². The molecule has 18 heavy (non-hydrogen) atoms. The molecule has 1 aliphatic rings. The van der Waals surface area contributed by atoms with Crippen LogP contribution in [0.25, 0.3) is 10.9 Å². The fourth-order valence-electron chi connectivity index (χ4n) is 2.74. The van der Waals surface area contributed by atoms with Gasteiger partial charge in [-0.05, 0) is 29.9 Å². The second kappa shape index (κ2) is 4.06. The minimum absolute atomic E-state index is 0.256. The van der Waals surface area contributed by atoms with Gasteiger partial charge in [-0.2, -0.15) is 0 Å². The standard InChI is InChI=1S/C16H19NO/c1-16(2)10-13(16)15(18)9-12-8-7-11-5-3-4-6-14(11)17-12/h3-8,13,15,18H,9-10H2,1-2H3. The van der Waals surface area contributed by atoms with E-state index in [1.54, 1.807) is 0 Å². The summed E-state index contributed by atoms with van der Waals surface area (Å²) in [4.78, 5) is 4.61. The van der Waals surface area contributed by atoms with Crippen LogP contribution in [-0.4, -0.2) is 16.2 Å². The summed E-state index contributed by atoms with van der Waals surface area (Å²) in [6, 6.07) is 12.2. The topological polar surface area (TPSA) is 33.1 Å². The van der Waals surface area contributed by atoms with Gasteiger partial charge in [0.05, 0.1) is 11.6 Å². The average molecular weight is 241 g/mol. The van der Waals surface area contributed by atoms with Gasteiger partial charge in [0.25, 0.3) is 0 Å². The fourth-order valence-corrected chi connectivity index (χ4v) is 2.74. The Hall–Kier alpha value is -1.41. The molecule has 1 aromatic heterocycles. The smallest absolute Gasteiger partial charge is 0.0705 e. The number of hydrogen-bond acceptors (Lipinski definition) is 2. The Morgan fingerprint density at radius 2 is 2.00 bits per heavy atom.